The van der Waals surface area contributed by atoms with Gasteiger partial charge in [0.15, 0.2) is 0 Å². The normalized spacial score (nSPS) is 12.5. The summed E-state index contributed by atoms with van der Waals surface area (Å²) in [5.41, 5.74) is -0.154. The third-order valence-electron chi connectivity index (χ3n) is 3.61. The fraction of sp³-hybridized carbons (Fsp3) is 0.533. The molecule has 1 amide bonds. The van der Waals surface area contributed by atoms with E-state index in [-0.39, 0.29) is 24.1 Å². The van der Waals surface area contributed by atoms with Gasteiger partial charge in [0, 0.05) is 12.6 Å². The summed E-state index contributed by atoms with van der Waals surface area (Å²) in [6.45, 7) is 6.10. The molecule has 0 saturated heterocycles. The topological polar surface area (TPSA) is 73.1 Å². The van der Waals surface area contributed by atoms with Gasteiger partial charge in [-0.2, -0.15) is 0 Å². The summed E-state index contributed by atoms with van der Waals surface area (Å²) in [4.78, 5) is 37.0. The number of hydrogen-bond donors (Lipinski definition) is 1. The van der Waals surface area contributed by atoms with E-state index in [9.17, 15) is 14.4 Å². The molecule has 0 bridgehead atoms. The molecule has 2 aromatic heterocycles. The molecule has 0 spiro atoms. The van der Waals surface area contributed by atoms with E-state index in [1.807, 2.05) is 20.8 Å². The number of nitrogens with zero attached hydrogens (tertiary/aromatic N) is 2. The van der Waals surface area contributed by atoms with Crippen molar-refractivity contribution in [1.29, 1.82) is 0 Å². The Balaban J connectivity index is 2.49. The molecule has 0 unspecified atom stereocenters. The van der Waals surface area contributed by atoms with Crippen molar-refractivity contribution in [3.63, 3.8) is 0 Å². The average Bonchev–Trinajstić information content (AvgIpc) is 2.97. The second-order valence-corrected chi connectivity index (χ2v) is 6.25. The zero-order valence-electron chi connectivity index (χ0n) is 13.1. The van der Waals surface area contributed by atoms with E-state index in [4.69, 9.17) is 0 Å². The van der Waals surface area contributed by atoms with Gasteiger partial charge >= 0.3 is 5.69 Å². The standard InChI is InChI=1S/C15H21N3O3S/c1-4-7-17-14(20)13-11(6-8-22-13)18(15(17)21)9-12(19)16-10(3)5-2/h6,8,10H,4-5,7,9H2,1-3H3,(H,16,19)/t10-/m1/s1. The minimum absolute atomic E-state index is 0.0581. The molecule has 0 aliphatic heterocycles. The van der Waals surface area contributed by atoms with Crippen molar-refractivity contribution >= 4 is 27.5 Å². The maximum Gasteiger partial charge on any atom is 0.332 e. The minimum atomic E-state index is -0.419. The summed E-state index contributed by atoms with van der Waals surface area (Å²) >= 11 is 1.30. The highest BCUT2D eigenvalue weighted by Gasteiger charge is 2.16. The Morgan fingerprint density at radius 3 is 2.68 bits per heavy atom. The third-order valence-corrected chi connectivity index (χ3v) is 4.50. The van der Waals surface area contributed by atoms with Gasteiger partial charge in [0.05, 0.1) is 5.52 Å². The van der Waals surface area contributed by atoms with Gasteiger partial charge in [-0.15, -0.1) is 11.3 Å². The maximum absolute atomic E-state index is 12.5. The molecule has 2 aromatic rings. The van der Waals surface area contributed by atoms with Crippen LogP contribution in [0.3, 0.4) is 0 Å². The first-order chi connectivity index (χ1) is 10.5. The maximum atomic E-state index is 12.5. The smallest absolute Gasteiger partial charge is 0.332 e. The van der Waals surface area contributed by atoms with Crippen molar-refractivity contribution in [1.82, 2.24) is 14.5 Å². The van der Waals surface area contributed by atoms with Gasteiger partial charge in [-0.3, -0.25) is 18.7 Å². The fourth-order valence-electron chi connectivity index (χ4n) is 2.27. The van der Waals surface area contributed by atoms with Crippen LogP contribution in [0.4, 0.5) is 0 Å². The first-order valence-corrected chi connectivity index (χ1v) is 8.37. The molecule has 0 aromatic carbocycles. The Morgan fingerprint density at radius 2 is 2.05 bits per heavy atom. The summed E-state index contributed by atoms with van der Waals surface area (Å²) < 4.78 is 3.13. The highest BCUT2D eigenvalue weighted by Crippen LogP contribution is 2.15. The van der Waals surface area contributed by atoms with Crippen molar-refractivity contribution < 1.29 is 4.79 Å². The zero-order valence-corrected chi connectivity index (χ0v) is 13.9. The lowest BCUT2D eigenvalue weighted by Crippen LogP contribution is -2.43. The van der Waals surface area contributed by atoms with Gasteiger partial charge in [0.2, 0.25) is 5.91 Å². The van der Waals surface area contributed by atoms with Crippen LogP contribution in [0.2, 0.25) is 0 Å². The molecule has 0 aliphatic carbocycles. The number of nitrogens with one attached hydrogen (secondary N) is 1. The van der Waals surface area contributed by atoms with Crippen molar-refractivity contribution in [2.75, 3.05) is 0 Å². The Morgan fingerprint density at radius 1 is 1.32 bits per heavy atom. The van der Waals surface area contributed by atoms with Gasteiger partial charge in [0.1, 0.15) is 11.2 Å². The number of rotatable bonds is 6. The molecular formula is C15H21N3O3S. The van der Waals surface area contributed by atoms with Crippen LogP contribution >= 0.6 is 11.3 Å². The summed E-state index contributed by atoms with van der Waals surface area (Å²) in [7, 11) is 0. The highest BCUT2D eigenvalue weighted by molar-refractivity contribution is 7.17. The Kier molecular flexibility index (Phi) is 5.18. The average molecular weight is 323 g/mol. The molecule has 2 rings (SSSR count). The fourth-order valence-corrected chi connectivity index (χ4v) is 3.12. The van der Waals surface area contributed by atoms with E-state index in [0.29, 0.717) is 23.2 Å². The summed E-state index contributed by atoms with van der Waals surface area (Å²) in [5, 5.41) is 4.61. The predicted octanol–water partition coefficient (Wildman–Crippen LogP) is 1.55. The SMILES string of the molecule is CCCn1c(=O)c2sccc2n(CC(=O)N[C@H](C)CC)c1=O. The predicted molar refractivity (Wildman–Crippen MR) is 88.5 cm³/mol. The van der Waals surface area contributed by atoms with Gasteiger partial charge in [-0.25, -0.2) is 4.79 Å². The van der Waals surface area contributed by atoms with Crippen LogP contribution in [0.25, 0.3) is 10.2 Å². The first kappa shape index (κ1) is 16.5. The van der Waals surface area contributed by atoms with Gasteiger partial charge in [0.25, 0.3) is 5.56 Å². The van der Waals surface area contributed by atoms with E-state index < -0.39 is 5.69 Å². The van der Waals surface area contributed by atoms with E-state index in [0.717, 1.165) is 6.42 Å². The quantitative estimate of drug-likeness (QED) is 0.876. The lowest BCUT2D eigenvalue weighted by Gasteiger charge is -2.14. The number of carbonyl (C=O) groups excluding carboxylic acids is 1. The summed E-state index contributed by atoms with van der Waals surface area (Å²) in [5.74, 6) is -0.217. The van der Waals surface area contributed by atoms with E-state index >= 15 is 0 Å². The largest absolute Gasteiger partial charge is 0.352 e. The number of hydrogen-bond acceptors (Lipinski definition) is 4. The number of fused-ring (bicyclic) bond motifs is 1. The molecule has 7 heteroatoms. The Labute approximate surface area is 132 Å². The molecule has 0 radical (unpaired) electrons. The number of amides is 1. The van der Waals surface area contributed by atoms with Crippen molar-refractivity contribution in [3.8, 4) is 0 Å². The summed E-state index contributed by atoms with van der Waals surface area (Å²) in [6, 6.07) is 1.78. The number of aromatic nitrogens is 2. The van der Waals surface area contributed by atoms with Gasteiger partial charge in [-0.1, -0.05) is 13.8 Å². The first-order valence-electron chi connectivity index (χ1n) is 7.49. The number of carbonyl (C=O) groups is 1. The molecule has 0 fully saturated rings. The summed E-state index contributed by atoms with van der Waals surface area (Å²) in [6.07, 6.45) is 1.51. The van der Waals surface area contributed by atoms with E-state index in [2.05, 4.69) is 5.32 Å². The zero-order chi connectivity index (χ0) is 16.3. The molecule has 1 N–H and O–H groups in total. The lowest BCUT2D eigenvalue weighted by molar-refractivity contribution is -0.122. The highest BCUT2D eigenvalue weighted by atomic mass is 32.1. The second-order valence-electron chi connectivity index (χ2n) is 5.34. The van der Waals surface area contributed by atoms with Crippen molar-refractivity contribution in [2.24, 2.45) is 0 Å². The van der Waals surface area contributed by atoms with Crippen LogP contribution in [-0.4, -0.2) is 21.1 Å². The van der Waals surface area contributed by atoms with Crippen LogP contribution in [0.5, 0.6) is 0 Å². The third kappa shape index (κ3) is 3.14. The van der Waals surface area contributed by atoms with Crippen molar-refractivity contribution in [2.45, 2.75) is 52.7 Å². The van der Waals surface area contributed by atoms with Crippen LogP contribution in [-0.2, 0) is 17.9 Å². The Hall–Kier alpha value is -1.89. The molecule has 0 saturated carbocycles. The number of thiophene rings is 1. The van der Waals surface area contributed by atoms with Gasteiger partial charge < -0.3 is 5.32 Å². The van der Waals surface area contributed by atoms with Crippen LogP contribution in [0.15, 0.2) is 21.0 Å². The van der Waals surface area contributed by atoms with Crippen molar-refractivity contribution in [3.05, 3.63) is 32.3 Å². The van der Waals surface area contributed by atoms with E-state index in [1.54, 1.807) is 11.4 Å². The second kappa shape index (κ2) is 6.91. The molecule has 6 nitrogen and oxygen atoms in total. The monoisotopic (exact) mass is 323 g/mol. The Bertz CT molecular complexity index is 787. The molecular weight excluding hydrogens is 302 g/mol. The van der Waals surface area contributed by atoms with Gasteiger partial charge in [-0.05, 0) is 31.2 Å². The molecule has 0 aliphatic rings. The molecule has 120 valence electrons. The van der Waals surface area contributed by atoms with E-state index in [1.165, 1.54) is 20.5 Å². The van der Waals surface area contributed by atoms with Crippen LogP contribution < -0.4 is 16.6 Å². The molecule has 2 heterocycles. The molecule has 1 atom stereocenters. The minimum Gasteiger partial charge on any atom is -0.352 e. The molecule has 22 heavy (non-hydrogen) atoms. The lowest BCUT2D eigenvalue weighted by atomic mass is 10.2. The van der Waals surface area contributed by atoms with Crippen LogP contribution in [0.1, 0.15) is 33.6 Å². The van der Waals surface area contributed by atoms with Crippen LogP contribution in [0, 0.1) is 0 Å².